The second-order valence-electron chi connectivity index (χ2n) is 4.92. The van der Waals surface area contributed by atoms with Crippen molar-refractivity contribution >= 4 is 24.4 Å². The van der Waals surface area contributed by atoms with Crippen LogP contribution in [0.15, 0.2) is 93.5 Å². The van der Waals surface area contributed by atoms with Gasteiger partial charge in [-0.1, -0.05) is 72.4 Å². The Labute approximate surface area is 140 Å². The van der Waals surface area contributed by atoms with E-state index in [1.165, 1.54) is 0 Å². The third-order valence-corrected chi connectivity index (χ3v) is 5.12. The van der Waals surface area contributed by atoms with Gasteiger partial charge < -0.3 is 5.11 Å². The Morgan fingerprint density at radius 2 is 1.32 bits per heavy atom. The van der Waals surface area contributed by atoms with Crippen molar-refractivity contribution in [3.8, 4) is 0 Å². The van der Waals surface area contributed by atoms with Gasteiger partial charge in [-0.3, -0.25) is 0 Å². The third-order valence-electron chi connectivity index (χ3n) is 3.41. The van der Waals surface area contributed by atoms with E-state index < -0.39 is 6.10 Å². The first-order chi connectivity index (χ1) is 10.8. The Morgan fingerprint density at radius 3 is 2.05 bits per heavy atom. The number of aliphatic hydroxyl groups is 1. The van der Waals surface area contributed by atoms with E-state index in [4.69, 9.17) is 0 Å². The van der Waals surface area contributed by atoms with Crippen LogP contribution in [0.25, 0.3) is 0 Å². The van der Waals surface area contributed by atoms with E-state index >= 15 is 0 Å². The molecule has 0 saturated heterocycles. The minimum absolute atomic E-state index is 0.628. The summed E-state index contributed by atoms with van der Waals surface area (Å²) in [5, 5.41) is 10.7. The zero-order valence-corrected chi connectivity index (χ0v) is 13.6. The van der Waals surface area contributed by atoms with Gasteiger partial charge in [-0.15, -0.1) is 12.6 Å². The lowest BCUT2D eigenvalue weighted by Crippen LogP contribution is -2.01. The smallest absolute Gasteiger partial charge is 0.105 e. The summed E-state index contributed by atoms with van der Waals surface area (Å²) < 4.78 is 0. The molecular weight excluding hydrogens is 308 g/mol. The van der Waals surface area contributed by atoms with Crippen molar-refractivity contribution in [3.05, 3.63) is 90.0 Å². The van der Waals surface area contributed by atoms with Gasteiger partial charge in [-0.05, 0) is 29.3 Å². The van der Waals surface area contributed by atoms with E-state index in [2.05, 4.69) is 12.6 Å². The predicted molar refractivity (Wildman–Crippen MR) is 94.8 cm³/mol. The number of benzene rings is 3. The average Bonchev–Trinajstić information content (AvgIpc) is 2.58. The maximum atomic E-state index is 10.7. The summed E-state index contributed by atoms with van der Waals surface area (Å²) in [5.74, 6) is 0. The van der Waals surface area contributed by atoms with Crippen LogP contribution in [-0.2, 0) is 0 Å². The lowest BCUT2D eigenvalue weighted by Gasteiger charge is -2.16. The molecule has 0 amide bonds. The standard InChI is InChI=1S/C19H16OS2/c20-19(14-8-2-1-3-9-14)15-10-4-6-12-17(15)22-18-13-7-5-11-16(18)21/h1-13,19-21H. The molecule has 0 aromatic heterocycles. The molecule has 1 nitrogen and oxygen atoms in total. The van der Waals surface area contributed by atoms with Gasteiger partial charge >= 0.3 is 0 Å². The summed E-state index contributed by atoms with van der Waals surface area (Å²) in [6.45, 7) is 0. The molecule has 110 valence electrons. The molecule has 1 N–H and O–H groups in total. The van der Waals surface area contributed by atoms with Crippen LogP contribution in [0.3, 0.4) is 0 Å². The number of thiol groups is 1. The zero-order chi connectivity index (χ0) is 15.4. The highest BCUT2D eigenvalue weighted by molar-refractivity contribution is 7.99. The van der Waals surface area contributed by atoms with Crippen molar-refractivity contribution in [1.82, 2.24) is 0 Å². The highest BCUT2D eigenvalue weighted by Crippen LogP contribution is 2.37. The van der Waals surface area contributed by atoms with Gasteiger partial charge in [-0.25, -0.2) is 0 Å². The van der Waals surface area contributed by atoms with E-state index in [9.17, 15) is 5.11 Å². The van der Waals surface area contributed by atoms with Crippen LogP contribution in [0, 0.1) is 0 Å². The number of rotatable bonds is 4. The van der Waals surface area contributed by atoms with Crippen LogP contribution in [0.2, 0.25) is 0 Å². The van der Waals surface area contributed by atoms with E-state index in [0.717, 1.165) is 25.8 Å². The molecule has 3 rings (SSSR count). The van der Waals surface area contributed by atoms with Crippen molar-refractivity contribution in [2.24, 2.45) is 0 Å². The van der Waals surface area contributed by atoms with Gasteiger partial charge in [-0.2, -0.15) is 0 Å². The number of hydrogen-bond acceptors (Lipinski definition) is 3. The SMILES string of the molecule is OC(c1ccccc1)c1ccccc1Sc1ccccc1S. The van der Waals surface area contributed by atoms with Crippen molar-refractivity contribution in [2.75, 3.05) is 0 Å². The maximum absolute atomic E-state index is 10.7. The lowest BCUT2D eigenvalue weighted by atomic mass is 10.0. The predicted octanol–water partition coefficient (Wildman–Crippen LogP) is 5.21. The van der Waals surface area contributed by atoms with Crippen LogP contribution < -0.4 is 0 Å². The Bertz CT molecular complexity index is 756. The number of hydrogen-bond donors (Lipinski definition) is 2. The van der Waals surface area contributed by atoms with E-state index in [1.54, 1.807) is 11.8 Å². The van der Waals surface area contributed by atoms with Crippen LogP contribution in [-0.4, -0.2) is 5.11 Å². The number of aliphatic hydroxyl groups excluding tert-OH is 1. The summed E-state index contributed by atoms with van der Waals surface area (Å²) >= 11 is 6.13. The van der Waals surface area contributed by atoms with Crippen LogP contribution >= 0.6 is 24.4 Å². The minimum Gasteiger partial charge on any atom is -0.384 e. The van der Waals surface area contributed by atoms with Crippen LogP contribution in [0.1, 0.15) is 17.2 Å². The summed E-state index contributed by atoms with van der Waals surface area (Å²) in [6.07, 6.45) is -0.628. The minimum atomic E-state index is -0.628. The van der Waals surface area contributed by atoms with Gasteiger partial charge in [0.1, 0.15) is 6.10 Å². The van der Waals surface area contributed by atoms with Gasteiger partial charge in [0.05, 0.1) is 0 Å². The summed E-state index contributed by atoms with van der Waals surface area (Å²) in [6, 6.07) is 25.7. The van der Waals surface area contributed by atoms with Gasteiger partial charge in [0.15, 0.2) is 0 Å². The molecule has 0 saturated carbocycles. The van der Waals surface area contributed by atoms with Crippen LogP contribution in [0.4, 0.5) is 0 Å². The maximum Gasteiger partial charge on any atom is 0.105 e. The van der Waals surface area contributed by atoms with Gasteiger partial charge in [0.25, 0.3) is 0 Å². The molecule has 1 atom stereocenters. The molecule has 0 radical (unpaired) electrons. The topological polar surface area (TPSA) is 20.2 Å². The van der Waals surface area contributed by atoms with Crippen molar-refractivity contribution in [1.29, 1.82) is 0 Å². The Hall–Kier alpha value is -1.68. The fourth-order valence-corrected chi connectivity index (χ4v) is 3.57. The van der Waals surface area contributed by atoms with Crippen molar-refractivity contribution < 1.29 is 5.11 Å². The first-order valence-corrected chi connectivity index (χ1v) is 8.30. The highest BCUT2D eigenvalue weighted by Gasteiger charge is 2.15. The molecule has 0 spiro atoms. The first-order valence-electron chi connectivity index (χ1n) is 7.03. The molecule has 3 aromatic carbocycles. The second-order valence-corrected chi connectivity index (χ2v) is 6.49. The van der Waals surface area contributed by atoms with Gasteiger partial charge in [0, 0.05) is 14.7 Å². The molecule has 0 fully saturated rings. The van der Waals surface area contributed by atoms with E-state index in [1.807, 2.05) is 78.9 Å². The van der Waals surface area contributed by atoms with Gasteiger partial charge in [0.2, 0.25) is 0 Å². The first kappa shape index (κ1) is 15.2. The van der Waals surface area contributed by atoms with Crippen molar-refractivity contribution in [3.63, 3.8) is 0 Å². The molecule has 1 unspecified atom stereocenters. The molecule has 22 heavy (non-hydrogen) atoms. The average molecular weight is 324 g/mol. The normalized spacial score (nSPS) is 12.1. The third kappa shape index (κ3) is 3.38. The Morgan fingerprint density at radius 1 is 0.727 bits per heavy atom. The molecule has 3 heteroatoms. The molecule has 3 aromatic rings. The fourth-order valence-electron chi connectivity index (χ4n) is 2.28. The van der Waals surface area contributed by atoms with Crippen molar-refractivity contribution in [2.45, 2.75) is 20.8 Å². The highest BCUT2D eigenvalue weighted by atomic mass is 32.2. The fraction of sp³-hybridized carbons (Fsp3) is 0.0526. The second kappa shape index (κ2) is 7.05. The van der Waals surface area contributed by atoms with E-state index in [0.29, 0.717) is 0 Å². The molecular formula is C19H16OS2. The molecule has 0 aliphatic rings. The molecule has 0 aliphatic carbocycles. The molecule has 0 aliphatic heterocycles. The lowest BCUT2D eigenvalue weighted by molar-refractivity contribution is 0.217. The van der Waals surface area contributed by atoms with E-state index in [-0.39, 0.29) is 0 Å². The summed E-state index contributed by atoms with van der Waals surface area (Å²) in [5.41, 5.74) is 1.81. The molecule has 0 heterocycles. The molecule has 0 bridgehead atoms. The largest absolute Gasteiger partial charge is 0.384 e. The summed E-state index contributed by atoms with van der Waals surface area (Å²) in [7, 11) is 0. The zero-order valence-electron chi connectivity index (χ0n) is 11.9. The quantitative estimate of drug-likeness (QED) is 0.643. The Kier molecular flexibility index (Phi) is 4.88. The Balaban J connectivity index is 1.95. The monoisotopic (exact) mass is 324 g/mol. The summed E-state index contributed by atoms with van der Waals surface area (Å²) in [4.78, 5) is 3.07. The van der Waals surface area contributed by atoms with Crippen LogP contribution in [0.5, 0.6) is 0 Å².